The fraction of sp³-hybridized carbons (Fsp3) is 0.562. The molecule has 1 amide bonds. The second kappa shape index (κ2) is 5.00. The molecule has 1 fully saturated rings. The van der Waals surface area contributed by atoms with Crippen molar-refractivity contribution in [3.05, 3.63) is 18.2 Å². The minimum absolute atomic E-state index is 0.0154. The lowest BCUT2D eigenvalue weighted by Crippen LogP contribution is -2.34. The summed E-state index contributed by atoms with van der Waals surface area (Å²) in [5.74, 6) is 1.15. The van der Waals surface area contributed by atoms with E-state index in [4.69, 9.17) is 9.47 Å². The van der Waals surface area contributed by atoms with Gasteiger partial charge in [-0.05, 0) is 31.4 Å². The highest BCUT2D eigenvalue weighted by atomic mass is 16.7. The molecule has 1 aliphatic heterocycles. The number of nitrogens with one attached hydrogen (secondary N) is 1. The number of fused-ring (bicyclic) bond motifs is 1. The molecule has 1 aromatic carbocycles. The van der Waals surface area contributed by atoms with Crippen molar-refractivity contribution in [3.8, 4) is 11.5 Å². The molecule has 4 nitrogen and oxygen atoms in total. The smallest absolute Gasteiger partial charge is 0.251 e. The first-order valence-corrected chi connectivity index (χ1v) is 7.45. The van der Waals surface area contributed by atoms with Gasteiger partial charge >= 0.3 is 0 Å². The lowest BCUT2D eigenvalue weighted by atomic mass is 10.1. The first-order valence-electron chi connectivity index (χ1n) is 7.45. The van der Waals surface area contributed by atoms with Crippen LogP contribution in [0.25, 0.3) is 0 Å². The topological polar surface area (TPSA) is 47.6 Å². The quantitative estimate of drug-likeness (QED) is 0.914. The molecule has 1 unspecified atom stereocenters. The summed E-state index contributed by atoms with van der Waals surface area (Å²) in [7, 11) is 0. The fourth-order valence-corrected chi connectivity index (χ4v) is 2.74. The van der Waals surface area contributed by atoms with Gasteiger partial charge in [-0.15, -0.1) is 0 Å². The molecule has 0 bridgehead atoms. The van der Waals surface area contributed by atoms with Gasteiger partial charge in [-0.25, -0.2) is 0 Å². The summed E-state index contributed by atoms with van der Waals surface area (Å²) < 4.78 is 11.9. The van der Waals surface area contributed by atoms with Crippen LogP contribution in [-0.4, -0.2) is 11.7 Å². The summed E-state index contributed by atoms with van der Waals surface area (Å²) in [6.07, 6.45) is 5.00. The van der Waals surface area contributed by atoms with Crippen LogP contribution in [0.15, 0.2) is 18.2 Å². The molecule has 0 radical (unpaired) electrons. The third kappa shape index (κ3) is 2.35. The van der Waals surface area contributed by atoms with Gasteiger partial charge in [0.2, 0.25) is 5.91 Å². The second-order valence-corrected chi connectivity index (χ2v) is 5.78. The van der Waals surface area contributed by atoms with Crippen molar-refractivity contribution in [1.29, 1.82) is 0 Å². The largest absolute Gasteiger partial charge is 0.448 e. The summed E-state index contributed by atoms with van der Waals surface area (Å²) in [4.78, 5) is 11.9. The van der Waals surface area contributed by atoms with Crippen LogP contribution < -0.4 is 14.8 Å². The number of amides is 1. The molecule has 1 atom stereocenters. The molecule has 1 saturated carbocycles. The van der Waals surface area contributed by atoms with Crippen LogP contribution in [0, 0.1) is 5.92 Å². The lowest BCUT2D eigenvalue weighted by Gasteiger charge is -2.21. The van der Waals surface area contributed by atoms with Crippen molar-refractivity contribution in [2.24, 2.45) is 5.92 Å². The number of rotatable bonds is 3. The molecule has 1 aliphatic carbocycles. The third-order valence-electron chi connectivity index (χ3n) is 4.23. The molecular weight excluding hydrogens is 254 g/mol. The van der Waals surface area contributed by atoms with E-state index in [0.29, 0.717) is 0 Å². The van der Waals surface area contributed by atoms with Crippen molar-refractivity contribution in [2.45, 2.75) is 51.7 Å². The van der Waals surface area contributed by atoms with Gasteiger partial charge in [0.1, 0.15) is 0 Å². The number of benzene rings is 1. The summed E-state index contributed by atoms with van der Waals surface area (Å²) in [6, 6.07) is 5.62. The van der Waals surface area contributed by atoms with Gasteiger partial charge in [0, 0.05) is 30.5 Å². The Kier molecular flexibility index (Phi) is 3.32. The Labute approximate surface area is 119 Å². The monoisotopic (exact) mass is 275 g/mol. The Hall–Kier alpha value is -1.71. The molecule has 0 saturated heterocycles. The highest BCUT2D eigenvalue weighted by molar-refractivity contribution is 5.92. The summed E-state index contributed by atoms with van der Waals surface area (Å²) in [5, 5.41) is 2.93. The molecule has 2 aliphatic rings. The highest BCUT2D eigenvalue weighted by Crippen LogP contribution is 2.47. The molecule has 0 aromatic heterocycles. The van der Waals surface area contributed by atoms with Crippen LogP contribution in [0.1, 0.15) is 46.0 Å². The number of carbonyl (C=O) groups excluding carboxylic acids is 1. The maximum Gasteiger partial charge on any atom is 0.251 e. The van der Waals surface area contributed by atoms with Crippen molar-refractivity contribution in [1.82, 2.24) is 0 Å². The van der Waals surface area contributed by atoms with Gasteiger partial charge < -0.3 is 14.8 Å². The standard InChI is InChI=1S/C16H21NO3/c1-3-11(2)15(18)17-12-6-7-13-14(10-12)20-16(19-13)8-4-5-9-16/h6-7,10-11H,3-5,8-9H2,1-2H3,(H,17,18). The van der Waals surface area contributed by atoms with Crippen molar-refractivity contribution in [2.75, 3.05) is 5.32 Å². The van der Waals surface area contributed by atoms with Crippen molar-refractivity contribution >= 4 is 11.6 Å². The highest BCUT2D eigenvalue weighted by Gasteiger charge is 2.44. The first-order chi connectivity index (χ1) is 9.62. The molecule has 1 spiro atoms. The predicted octanol–water partition coefficient (Wildman–Crippen LogP) is 3.71. The number of carbonyl (C=O) groups is 1. The first kappa shape index (κ1) is 13.3. The van der Waals surface area contributed by atoms with Crippen LogP contribution in [-0.2, 0) is 4.79 Å². The lowest BCUT2D eigenvalue weighted by molar-refractivity contribution is -0.119. The molecule has 4 heteroatoms. The van der Waals surface area contributed by atoms with Gasteiger partial charge in [0.15, 0.2) is 11.5 Å². The molecule has 20 heavy (non-hydrogen) atoms. The number of hydrogen-bond donors (Lipinski definition) is 1. The van der Waals surface area contributed by atoms with Gasteiger partial charge in [-0.1, -0.05) is 13.8 Å². The SMILES string of the molecule is CCC(C)C(=O)Nc1ccc2c(c1)OC1(CCCC1)O2. The predicted molar refractivity (Wildman–Crippen MR) is 77.0 cm³/mol. The average molecular weight is 275 g/mol. The van der Waals surface area contributed by atoms with E-state index < -0.39 is 5.79 Å². The molecular formula is C16H21NO3. The van der Waals surface area contributed by atoms with Crippen molar-refractivity contribution in [3.63, 3.8) is 0 Å². The zero-order chi connectivity index (χ0) is 14.2. The van der Waals surface area contributed by atoms with Gasteiger partial charge in [0.05, 0.1) is 0 Å². The Morgan fingerprint density at radius 2 is 2.00 bits per heavy atom. The molecule has 108 valence electrons. The van der Waals surface area contributed by atoms with E-state index in [-0.39, 0.29) is 11.8 Å². The van der Waals surface area contributed by atoms with Crippen LogP contribution in [0.2, 0.25) is 0 Å². The van der Waals surface area contributed by atoms with Crippen molar-refractivity contribution < 1.29 is 14.3 Å². The Balaban J connectivity index is 1.74. The van der Waals surface area contributed by atoms with Gasteiger partial charge in [-0.2, -0.15) is 0 Å². The minimum Gasteiger partial charge on any atom is -0.448 e. The van der Waals surface area contributed by atoms with E-state index in [1.54, 1.807) is 0 Å². The Morgan fingerprint density at radius 1 is 1.30 bits per heavy atom. The maximum absolute atomic E-state index is 11.9. The average Bonchev–Trinajstić information content (AvgIpc) is 3.04. The molecule has 1 heterocycles. The normalized spacial score (nSPS) is 20.1. The van der Waals surface area contributed by atoms with Crippen LogP contribution in [0.3, 0.4) is 0 Å². The minimum atomic E-state index is -0.443. The van der Waals surface area contributed by atoms with E-state index in [2.05, 4.69) is 5.32 Å². The number of ether oxygens (including phenoxy) is 2. The second-order valence-electron chi connectivity index (χ2n) is 5.78. The Bertz CT molecular complexity index is 520. The third-order valence-corrected chi connectivity index (χ3v) is 4.23. The van der Waals surface area contributed by atoms with E-state index in [0.717, 1.165) is 49.3 Å². The van der Waals surface area contributed by atoms with Crippen LogP contribution >= 0.6 is 0 Å². The summed E-state index contributed by atoms with van der Waals surface area (Å²) in [5.41, 5.74) is 0.771. The number of hydrogen-bond acceptors (Lipinski definition) is 3. The van der Waals surface area contributed by atoms with Crippen LogP contribution in [0.4, 0.5) is 5.69 Å². The fourth-order valence-electron chi connectivity index (χ4n) is 2.74. The summed E-state index contributed by atoms with van der Waals surface area (Å²) >= 11 is 0. The van der Waals surface area contributed by atoms with E-state index in [1.807, 2.05) is 32.0 Å². The zero-order valence-electron chi connectivity index (χ0n) is 12.1. The Morgan fingerprint density at radius 3 is 2.70 bits per heavy atom. The molecule has 1 N–H and O–H groups in total. The zero-order valence-corrected chi connectivity index (χ0v) is 12.1. The van der Waals surface area contributed by atoms with E-state index >= 15 is 0 Å². The number of anilines is 1. The van der Waals surface area contributed by atoms with Gasteiger partial charge in [-0.3, -0.25) is 4.79 Å². The maximum atomic E-state index is 11.9. The molecule has 1 aromatic rings. The van der Waals surface area contributed by atoms with E-state index in [9.17, 15) is 4.79 Å². The van der Waals surface area contributed by atoms with E-state index in [1.165, 1.54) is 0 Å². The van der Waals surface area contributed by atoms with Crippen LogP contribution in [0.5, 0.6) is 11.5 Å². The molecule has 3 rings (SSSR count). The van der Waals surface area contributed by atoms with Gasteiger partial charge in [0.25, 0.3) is 5.79 Å². The summed E-state index contributed by atoms with van der Waals surface area (Å²) in [6.45, 7) is 3.93.